The molecule has 27 heavy (non-hydrogen) atoms. The molecule has 0 amide bonds. The quantitative estimate of drug-likeness (QED) is 0.554. The maximum absolute atomic E-state index is 2.44. The average molecular weight is 348 g/mol. The summed E-state index contributed by atoms with van der Waals surface area (Å²) in [5.41, 5.74) is 11.1. The second-order valence-electron chi connectivity index (χ2n) is 7.99. The fourth-order valence-electron chi connectivity index (χ4n) is 5.23. The van der Waals surface area contributed by atoms with E-state index in [1.165, 1.54) is 44.6 Å². The Hall–Kier alpha value is -2.86. The number of fused-ring (bicyclic) bond motifs is 2. The van der Waals surface area contributed by atoms with Crippen molar-refractivity contribution >= 4 is 6.08 Å². The lowest BCUT2D eigenvalue weighted by atomic mass is 9.59. The lowest BCUT2D eigenvalue weighted by Gasteiger charge is -2.42. The van der Waals surface area contributed by atoms with Crippen LogP contribution < -0.4 is 0 Å². The summed E-state index contributed by atoms with van der Waals surface area (Å²) in [7, 11) is 0. The summed E-state index contributed by atoms with van der Waals surface area (Å²) in [6.45, 7) is 6.79. The van der Waals surface area contributed by atoms with Crippen molar-refractivity contribution in [2.75, 3.05) is 0 Å². The Kier molecular flexibility index (Phi) is 3.52. The van der Waals surface area contributed by atoms with Gasteiger partial charge in [-0.3, -0.25) is 0 Å². The Morgan fingerprint density at radius 2 is 1.56 bits per heavy atom. The van der Waals surface area contributed by atoms with Crippen LogP contribution in [0.2, 0.25) is 0 Å². The molecule has 0 spiro atoms. The van der Waals surface area contributed by atoms with Crippen LogP contribution in [-0.2, 0) is 5.41 Å². The van der Waals surface area contributed by atoms with E-state index in [4.69, 9.17) is 0 Å². The molecule has 2 atom stereocenters. The molecular weight excluding hydrogens is 324 g/mol. The van der Waals surface area contributed by atoms with E-state index in [0.717, 1.165) is 0 Å². The zero-order valence-electron chi connectivity index (χ0n) is 16.2. The summed E-state index contributed by atoms with van der Waals surface area (Å²) in [6.07, 6.45) is 11.8. The minimum absolute atomic E-state index is 0.169. The van der Waals surface area contributed by atoms with E-state index in [1.54, 1.807) is 0 Å². The normalized spacial score (nSPS) is 25.7. The third-order valence-electron chi connectivity index (χ3n) is 6.57. The predicted octanol–water partition coefficient (Wildman–Crippen LogP) is 6.90. The molecule has 0 saturated carbocycles. The Labute approximate surface area is 161 Å². The second-order valence-corrected chi connectivity index (χ2v) is 7.99. The topological polar surface area (TPSA) is 0 Å². The molecule has 0 bridgehead atoms. The van der Waals surface area contributed by atoms with Gasteiger partial charge in [0.25, 0.3) is 0 Å². The molecule has 0 fully saturated rings. The van der Waals surface area contributed by atoms with Crippen molar-refractivity contribution in [1.29, 1.82) is 0 Å². The molecular formula is C27H24. The van der Waals surface area contributed by atoms with Gasteiger partial charge in [0.15, 0.2) is 0 Å². The molecule has 5 rings (SSSR count). The first kappa shape index (κ1) is 16.3. The van der Waals surface area contributed by atoms with Crippen LogP contribution in [0.4, 0.5) is 0 Å². The van der Waals surface area contributed by atoms with Gasteiger partial charge in [-0.1, -0.05) is 90.6 Å². The molecule has 2 aromatic carbocycles. The van der Waals surface area contributed by atoms with Gasteiger partial charge < -0.3 is 0 Å². The van der Waals surface area contributed by atoms with Crippen LogP contribution in [0.25, 0.3) is 6.08 Å². The molecule has 0 saturated heterocycles. The van der Waals surface area contributed by atoms with Crippen LogP contribution in [0.15, 0.2) is 107 Å². The molecule has 3 aliphatic carbocycles. The van der Waals surface area contributed by atoms with Crippen LogP contribution in [0.1, 0.15) is 43.4 Å². The van der Waals surface area contributed by atoms with Gasteiger partial charge in [0.1, 0.15) is 0 Å². The van der Waals surface area contributed by atoms with Crippen LogP contribution in [0, 0.1) is 0 Å². The van der Waals surface area contributed by atoms with Gasteiger partial charge in [-0.05, 0) is 59.8 Å². The molecule has 0 radical (unpaired) electrons. The van der Waals surface area contributed by atoms with E-state index in [2.05, 4.69) is 106 Å². The molecule has 1 unspecified atom stereocenters. The van der Waals surface area contributed by atoms with Gasteiger partial charge in [-0.2, -0.15) is 0 Å². The summed E-state index contributed by atoms with van der Waals surface area (Å²) in [4.78, 5) is 0. The molecule has 0 aromatic heterocycles. The van der Waals surface area contributed by atoms with Crippen LogP contribution in [0.3, 0.4) is 0 Å². The van der Waals surface area contributed by atoms with Gasteiger partial charge in [0, 0.05) is 11.3 Å². The number of benzene rings is 2. The van der Waals surface area contributed by atoms with Crippen LogP contribution in [0.5, 0.6) is 0 Å². The highest BCUT2D eigenvalue weighted by Crippen LogP contribution is 2.58. The van der Waals surface area contributed by atoms with E-state index in [9.17, 15) is 0 Å². The van der Waals surface area contributed by atoms with Gasteiger partial charge >= 0.3 is 0 Å². The van der Waals surface area contributed by atoms with Crippen molar-refractivity contribution in [1.82, 2.24) is 0 Å². The summed E-state index contributed by atoms with van der Waals surface area (Å²) >= 11 is 0. The Morgan fingerprint density at radius 1 is 0.815 bits per heavy atom. The first-order valence-electron chi connectivity index (χ1n) is 9.75. The summed E-state index contributed by atoms with van der Waals surface area (Å²) in [5, 5.41) is 0. The molecule has 0 heterocycles. The zero-order valence-corrected chi connectivity index (χ0v) is 16.2. The number of allylic oxidation sites excluding steroid dienone is 9. The number of hydrogen-bond acceptors (Lipinski definition) is 0. The SMILES string of the molecule is CC1=Cc2ccccc2[C@@H]1C1(c2ccccc2)C=CC=C2C1=CC(C)=C2C. The third kappa shape index (κ3) is 2.16. The summed E-state index contributed by atoms with van der Waals surface area (Å²) in [6, 6.07) is 19.9. The number of rotatable bonds is 2. The predicted molar refractivity (Wildman–Crippen MR) is 115 cm³/mol. The summed E-state index contributed by atoms with van der Waals surface area (Å²) < 4.78 is 0. The van der Waals surface area contributed by atoms with Crippen molar-refractivity contribution in [2.24, 2.45) is 0 Å². The maximum Gasteiger partial charge on any atom is 0.0497 e. The van der Waals surface area contributed by atoms with Gasteiger partial charge in [0.05, 0.1) is 0 Å². The first-order valence-corrected chi connectivity index (χ1v) is 9.75. The van der Waals surface area contributed by atoms with Gasteiger partial charge in [-0.25, -0.2) is 0 Å². The van der Waals surface area contributed by atoms with E-state index >= 15 is 0 Å². The fourth-order valence-corrected chi connectivity index (χ4v) is 5.23. The van der Waals surface area contributed by atoms with Crippen molar-refractivity contribution < 1.29 is 0 Å². The molecule has 132 valence electrons. The van der Waals surface area contributed by atoms with Crippen LogP contribution >= 0.6 is 0 Å². The monoisotopic (exact) mass is 348 g/mol. The highest BCUT2D eigenvalue weighted by molar-refractivity contribution is 5.75. The Bertz CT molecular complexity index is 1090. The fraction of sp³-hybridized carbons (Fsp3) is 0.185. The standard InChI is InChI=1S/C27H24/c1-18-17-25-23(20(18)3)14-9-15-27(25,22-11-5-4-6-12-22)26-19(2)16-21-10-7-8-13-24(21)26/h4-17,26H,1-3H3/t26-,27?/m1/s1. The molecule has 0 N–H and O–H groups in total. The van der Waals surface area contributed by atoms with E-state index in [1.807, 2.05) is 0 Å². The highest BCUT2D eigenvalue weighted by Gasteiger charge is 2.48. The Balaban J connectivity index is 1.81. The van der Waals surface area contributed by atoms with E-state index in [-0.39, 0.29) is 5.41 Å². The van der Waals surface area contributed by atoms with Crippen molar-refractivity contribution in [2.45, 2.75) is 32.1 Å². The lowest BCUT2D eigenvalue weighted by Crippen LogP contribution is -2.35. The van der Waals surface area contributed by atoms with Crippen molar-refractivity contribution in [3.63, 3.8) is 0 Å². The molecule has 0 aliphatic heterocycles. The van der Waals surface area contributed by atoms with Crippen molar-refractivity contribution in [3.05, 3.63) is 123 Å². The molecule has 0 nitrogen and oxygen atoms in total. The van der Waals surface area contributed by atoms with Crippen LogP contribution in [-0.4, -0.2) is 0 Å². The maximum atomic E-state index is 2.44. The van der Waals surface area contributed by atoms with Gasteiger partial charge in [-0.15, -0.1) is 0 Å². The highest BCUT2D eigenvalue weighted by atomic mass is 14.5. The lowest BCUT2D eigenvalue weighted by molar-refractivity contribution is 0.549. The Morgan fingerprint density at radius 3 is 2.37 bits per heavy atom. The molecule has 3 aliphatic rings. The minimum atomic E-state index is -0.169. The molecule has 2 aromatic rings. The van der Waals surface area contributed by atoms with E-state index in [0.29, 0.717) is 5.92 Å². The zero-order chi connectivity index (χ0) is 18.6. The first-order chi connectivity index (χ1) is 13.1. The smallest absolute Gasteiger partial charge is 0.0497 e. The van der Waals surface area contributed by atoms with Gasteiger partial charge in [0.2, 0.25) is 0 Å². The average Bonchev–Trinajstić information content (AvgIpc) is 3.19. The summed E-state index contributed by atoms with van der Waals surface area (Å²) in [5.74, 6) is 0.320. The van der Waals surface area contributed by atoms with Crippen molar-refractivity contribution in [3.8, 4) is 0 Å². The number of hydrogen-bond donors (Lipinski definition) is 0. The molecule has 0 heteroatoms. The van der Waals surface area contributed by atoms with E-state index < -0.39 is 0 Å². The third-order valence-corrected chi connectivity index (χ3v) is 6.57. The largest absolute Gasteiger partial charge is 0.0686 e. The minimum Gasteiger partial charge on any atom is -0.0686 e. The second kappa shape index (κ2) is 5.82.